The van der Waals surface area contributed by atoms with Crippen molar-refractivity contribution in [2.75, 3.05) is 0 Å². The summed E-state index contributed by atoms with van der Waals surface area (Å²) >= 11 is 0. The Balaban J connectivity index is 2.51. The quantitative estimate of drug-likeness (QED) is 0.935. The smallest absolute Gasteiger partial charge is 0.308 e. The summed E-state index contributed by atoms with van der Waals surface area (Å²) in [6.07, 6.45) is 0. The molecular weight excluding hydrogens is 282 g/mol. The molecule has 2 unspecified atom stereocenters. The first-order chi connectivity index (χ1) is 9.82. The molecule has 1 aromatic carbocycles. The predicted molar refractivity (Wildman–Crippen MR) is 69.4 cm³/mol. The van der Waals surface area contributed by atoms with Crippen molar-refractivity contribution in [3.63, 3.8) is 0 Å². The summed E-state index contributed by atoms with van der Waals surface area (Å²) < 4.78 is 28.5. The molecule has 112 valence electrons. The lowest BCUT2D eigenvalue weighted by atomic mass is 10.0. The van der Waals surface area contributed by atoms with Crippen LogP contribution in [0.4, 0.5) is 8.78 Å². The second kappa shape index (κ2) is 5.55. The van der Waals surface area contributed by atoms with Gasteiger partial charge in [-0.1, -0.05) is 0 Å². The Bertz CT molecular complexity index is 687. The number of nitrogens with zero attached hydrogens (tertiary/aromatic N) is 4. The Morgan fingerprint density at radius 2 is 1.95 bits per heavy atom. The highest BCUT2D eigenvalue weighted by molar-refractivity contribution is 5.70. The molecule has 0 fully saturated rings. The Morgan fingerprint density at radius 1 is 1.29 bits per heavy atom. The highest BCUT2D eigenvalue weighted by atomic mass is 19.1. The van der Waals surface area contributed by atoms with Crippen LogP contribution < -0.4 is 0 Å². The van der Waals surface area contributed by atoms with Gasteiger partial charge in [-0.05, 0) is 42.8 Å². The summed E-state index contributed by atoms with van der Waals surface area (Å²) in [5, 5.41) is 20.0. The summed E-state index contributed by atoms with van der Waals surface area (Å²) in [4.78, 5) is 11.0. The number of carboxylic acids is 1. The van der Waals surface area contributed by atoms with Gasteiger partial charge in [0, 0.05) is 6.07 Å². The molecule has 1 N–H and O–H groups in total. The van der Waals surface area contributed by atoms with Crippen molar-refractivity contribution in [3.8, 4) is 11.4 Å². The number of halogens is 2. The second-order valence-corrected chi connectivity index (χ2v) is 4.90. The number of carbonyl (C=O) groups is 1. The van der Waals surface area contributed by atoms with Crippen molar-refractivity contribution < 1.29 is 18.7 Å². The zero-order chi connectivity index (χ0) is 15.7. The van der Waals surface area contributed by atoms with Gasteiger partial charge in [0.2, 0.25) is 0 Å². The van der Waals surface area contributed by atoms with Gasteiger partial charge < -0.3 is 5.11 Å². The lowest BCUT2D eigenvalue weighted by molar-refractivity contribution is -0.142. The maximum Gasteiger partial charge on any atom is 0.308 e. The Kier molecular flexibility index (Phi) is 3.97. The van der Waals surface area contributed by atoms with E-state index in [0.29, 0.717) is 0 Å². The first-order valence-corrected chi connectivity index (χ1v) is 6.29. The molecule has 6 nitrogen and oxygen atoms in total. The lowest BCUT2D eigenvalue weighted by Crippen LogP contribution is -2.23. The molecule has 0 saturated carbocycles. The van der Waals surface area contributed by atoms with E-state index in [2.05, 4.69) is 15.5 Å². The molecule has 1 heterocycles. The van der Waals surface area contributed by atoms with Gasteiger partial charge in [0.25, 0.3) is 0 Å². The summed E-state index contributed by atoms with van der Waals surface area (Å²) in [6.45, 7) is 4.62. The molecule has 0 bridgehead atoms. The van der Waals surface area contributed by atoms with Crippen LogP contribution >= 0.6 is 0 Å². The molecular formula is C13H14F2N4O2. The van der Waals surface area contributed by atoms with Gasteiger partial charge in [-0.3, -0.25) is 4.79 Å². The molecule has 0 aliphatic heterocycles. The van der Waals surface area contributed by atoms with E-state index in [0.717, 1.165) is 6.07 Å². The SMILES string of the molecule is Cc1cc(-c2nnnn2C(C)C(C)C(=O)O)c(F)cc1F. The molecule has 0 spiro atoms. The predicted octanol–water partition coefficient (Wildman–Crippen LogP) is 2.21. The van der Waals surface area contributed by atoms with Gasteiger partial charge in [-0.15, -0.1) is 5.10 Å². The van der Waals surface area contributed by atoms with Gasteiger partial charge in [0.1, 0.15) is 11.6 Å². The summed E-state index contributed by atoms with van der Waals surface area (Å²) in [7, 11) is 0. The maximum absolute atomic E-state index is 13.9. The van der Waals surface area contributed by atoms with Crippen LogP contribution in [-0.4, -0.2) is 31.3 Å². The minimum absolute atomic E-state index is 0.0309. The standard InChI is InChI=1S/C13H14F2N4O2/c1-6-4-9(11(15)5-10(6)14)12-16-17-18-19(12)8(3)7(2)13(20)21/h4-5,7-8H,1-3H3,(H,20,21). The molecule has 0 amide bonds. The van der Waals surface area contributed by atoms with Crippen molar-refractivity contribution in [2.24, 2.45) is 5.92 Å². The fraction of sp³-hybridized carbons (Fsp3) is 0.385. The maximum atomic E-state index is 13.9. The molecule has 0 saturated heterocycles. The van der Waals surface area contributed by atoms with Crippen LogP contribution in [0.3, 0.4) is 0 Å². The number of tetrazole rings is 1. The molecule has 1 aromatic heterocycles. The van der Waals surface area contributed by atoms with Crippen molar-refractivity contribution in [1.82, 2.24) is 20.2 Å². The third kappa shape index (κ3) is 2.74. The van der Waals surface area contributed by atoms with E-state index < -0.39 is 29.6 Å². The highest BCUT2D eigenvalue weighted by Crippen LogP contribution is 2.27. The van der Waals surface area contributed by atoms with Crippen molar-refractivity contribution in [2.45, 2.75) is 26.8 Å². The van der Waals surface area contributed by atoms with E-state index in [9.17, 15) is 13.6 Å². The minimum Gasteiger partial charge on any atom is -0.481 e. The second-order valence-electron chi connectivity index (χ2n) is 4.90. The number of carboxylic acid groups (broad SMARTS) is 1. The van der Waals surface area contributed by atoms with Crippen molar-refractivity contribution in [3.05, 3.63) is 29.3 Å². The third-order valence-corrected chi connectivity index (χ3v) is 3.48. The van der Waals surface area contributed by atoms with Gasteiger partial charge in [-0.25, -0.2) is 13.5 Å². The van der Waals surface area contributed by atoms with E-state index in [-0.39, 0.29) is 17.0 Å². The Morgan fingerprint density at radius 3 is 2.57 bits per heavy atom. The molecule has 21 heavy (non-hydrogen) atoms. The zero-order valence-electron chi connectivity index (χ0n) is 11.7. The molecule has 0 radical (unpaired) electrons. The van der Waals surface area contributed by atoms with Gasteiger partial charge in [0.05, 0.1) is 17.5 Å². The van der Waals surface area contributed by atoms with Crippen LogP contribution in [0.5, 0.6) is 0 Å². The number of benzene rings is 1. The summed E-state index contributed by atoms with van der Waals surface area (Å²) in [5.41, 5.74) is 0.281. The van der Waals surface area contributed by atoms with Crippen LogP contribution in [0.2, 0.25) is 0 Å². The molecule has 2 aromatic rings. The van der Waals surface area contributed by atoms with Crippen LogP contribution in [0.15, 0.2) is 12.1 Å². The molecule has 2 atom stereocenters. The van der Waals surface area contributed by atoms with E-state index in [4.69, 9.17) is 5.11 Å². The number of aromatic nitrogens is 4. The van der Waals surface area contributed by atoms with Gasteiger partial charge in [0.15, 0.2) is 5.82 Å². The molecule has 8 heteroatoms. The normalized spacial score (nSPS) is 14.0. The number of aliphatic carboxylic acids is 1. The first kappa shape index (κ1) is 15.0. The van der Waals surface area contributed by atoms with Crippen molar-refractivity contribution in [1.29, 1.82) is 0 Å². The monoisotopic (exact) mass is 296 g/mol. The number of hydrogen-bond acceptors (Lipinski definition) is 4. The van der Waals surface area contributed by atoms with Crippen LogP contribution in [0.1, 0.15) is 25.5 Å². The number of rotatable bonds is 4. The molecule has 0 aliphatic carbocycles. The summed E-state index contributed by atoms with van der Waals surface area (Å²) in [6, 6.07) is 1.47. The average molecular weight is 296 g/mol. The topological polar surface area (TPSA) is 80.9 Å². The van der Waals surface area contributed by atoms with Gasteiger partial charge >= 0.3 is 5.97 Å². The van der Waals surface area contributed by atoms with Crippen LogP contribution in [0, 0.1) is 24.5 Å². The zero-order valence-corrected chi connectivity index (χ0v) is 11.7. The number of hydrogen-bond donors (Lipinski definition) is 1. The first-order valence-electron chi connectivity index (χ1n) is 6.29. The largest absolute Gasteiger partial charge is 0.481 e. The van der Waals surface area contributed by atoms with Crippen LogP contribution in [-0.2, 0) is 4.79 Å². The van der Waals surface area contributed by atoms with Crippen LogP contribution in [0.25, 0.3) is 11.4 Å². The molecule has 0 aliphatic rings. The average Bonchev–Trinajstić information content (AvgIpc) is 2.90. The molecule has 2 rings (SSSR count). The third-order valence-electron chi connectivity index (χ3n) is 3.48. The minimum atomic E-state index is -1.01. The van der Waals surface area contributed by atoms with E-state index in [1.807, 2.05) is 0 Å². The fourth-order valence-electron chi connectivity index (χ4n) is 1.89. The Hall–Kier alpha value is -2.38. The van der Waals surface area contributed by atoms with E-state index in [1.165, 1.54) is 24.6 Å². The number of aryl methyl sites for hydroxylation is 1. The lowest BCUT2D eigenvalue weighted by Gasteiger charge is -2.17. The fourth-order valence-corrected chi connectivity index (χ4v) is 1.89. The van der Waals surface area contributed by atoms with E-state index >= 15 is 0 Å². The van der Waals surface area contributed by atoms with Crippen molar-refractivity contribution >= 4 is 5.97 Å². The highest BCUT2D eigenvalue weighted by Gasteiger charge is 2.26. The summed E-state index contributed by atoms with van der Waals surface area (Å²) in [5.74, 6) is -3.18. The van der Waals surface area contributed by atoms with Gasteiger partial charge in [-0.2, -0.15) is 0 Å². The van der Waals surface area contributed by atoms with E-state index in [1.54, 1.807) is 6.92 Å². The Labute approximate surface area is 119 Å².